The van der Waals surface area contributed by atoms with Gasteiger partial charge in [0.2, 0.25) is 5.91 Å². The number of benzene rings is 2. The number of aromatic nitrogens is 3. The van der Waals surface area contributed by atoms with Crippen LogP contribution in [0.4, 0.5) is 18.9 Å². The van der Waals surface area contributed by atoms with Gasteiger partial charge in [-0.1, -0.05) is 67.0 Å². The topological polar surface area (TPSA) is 88.9 Å². The molecule has 0 saturated carbocycles. The first kappa shape index (κ1) is 30.5. The molecule has 13 heteroatoms. The van der Waals surface area contributed by atoms with Crippen molar-refractivity contribution in [2.24, 2.45) is 5.92 Å². The summed E-state index contributed by atoms with van der Waals surface area (Å²) in [5.41, 5.74) is -0.757. The molecule has 0 aliphatic heterocycles. The van der Waals surface area contributed by atoms with Crippen molar-refractivity contribution in [1.29, 1.82) is 0 Å². The highest BCUT2D eigenvalue weighted by atomic mass is 35.5. The molecular weight excluding hydrogens is 574 g/mol. The van der Waals surface area contributed by atoms with Crippen LogP contribution in [0, 0.1) is 5.92 Å². The highest BCUT2D eigenvalue weighted by molar-refractivity contribution is 7.99. The van der Waals surface area contributed by atoms with Gasteiger partial charge < -0.3 is 15.2 Å². The van der Waals surface area contributed by atoms with Crippen molar-refractivity contribution in [2.45, 2.75) is 44.2 Å². The molecule has 0 spiro atoms. The van der Waals surface area contributed by atoms with E-state index in [1.165, 1.54) is 0 Å². The second kappa shape index (κ2) is 13.4. The molecular formula is C26H26Cl2F3N5O2S. The molecule has 208 valence electrons. The number of nitrogens with one attached hydrogen (secondary N) is 2. The number of hydrogen-bond donors (Lipinski definition) is 2. The Kier molecular flexibility index (Phi) is 10.5. The predicted molar refractivity (Wildman–Crippen MR) is 147 cm³/mol. The summed E-state index contributed by atoms with van der Waals surface area (Å²) in [4.78, 5) is 25.6. The average molecular weight is 600 g/mol. The van der Waals surface area contributed by atoms with Gasteiger partial charge in [0, 0.05) is 6.54 Å². The fourth-order valence-corrected chi connectivity index (χ4v) is 4.80. The lowest BCUT2D eigenvalue weighted by molar-refractivity contribution is -0.137. The molecule has 0 fully saturated rings. The number of alkyl halides is 3. The van der Waals surface area contributed by atoms with Crippen LogP contribution in [0.3, 0.4) is 0 Å². The standard InChI is InChI=1S/C26H26Cl2F3N5O2S/c1-4-11-36-23(21(12-15(2)3)33-24(38)17-7-5-6-8-18(17)27)34-35-25(36)39-14-22(37)32-20-13-16(26(29,30)31)9-10-19(20)28/h4-10,13,15,21H,1,11-12,14H2,2-3H3,(H,32,37)(H,33,38)/t21-/m0/s1. The van der Waals surface area contributed by atoms with E-state index in [-0.39, 0.29) is 28.3 Å². The van der Waals surface area contributed by atoms with Gasteiger partial charge in [0.25, 0.3) is 5.91 Å². The Hall–Kier alpha value is -3.02. The third-order valence-corrected chi connectivity index (χ3v) is 7.03. The van der Waals surface area contributed by atoms with Crippen molar-refractivity contribution in [1.82, 2.24) is 20.1 Å². The second-order valence-corrected chi connectivity index (χ2v) is 10.7. The minimum atomic E-state index is -4.58. The summed E-state index contributed by atoms with van der Waals surface area (Å²) in [6.07, 6.45) is -2.41. The highest BCUT2D eigenvalue weighted by Crippen LogP contribution is 2.34. The minimum absolute atomic E-state index is 0.0238. The lowest BCUT2D eigenvalue weighted by Gasteiger charge is -2.21. The van der Waals surface area contributed by atoms with Crippen molar-refractivity contribution in [3.05, 3.63) is 82.1 Å². The summed E-state index contributed by atoms with van der Waals surface area (Å²) < 4.78 is 40.9. The summed E-state index contributed by atoms with van der Waals surface area (Å²) in [5, 5.41) is 14.5. The molecule has 1 atom stereocenters. The summed E-state index contributed by atoms with van der Waals surface area (Å²) in [6.45, 7) is 8.07. The normalized spacial score (nSPS) is 12.3. The van der Waals surface area contributed by atoms with Gasteiger partial charge in [-0.3, -0.25) is 9.59 Å². The van der Waals surface area contributed by atoms with Crippen LogP contribution in [0.2, 0.25) is 10.0 Å². The van der Waals surface area contributed by atoms with Crippen LogP contribution in [0.15, 0.2) is 60.3 Å². The summed E-state index contributed by atoms with van der Waals surface area (Å²) >= 11 is 13.2. The van der Waals surface area contributed by atoms with Crippen molar-refractivity contribution in [3.63, 3.8) is 0 Å². The predicted octanol–water partition coefficient (Wildman–Crippen LogP) is 7.04. The minimum Gasteiger partial charge on any atom is -0.342 e. The zero-order valence-corrected chi connectivity index (χ0v) is 23.4. The van der Waals surface area contributed by atoms with Crippen molar-refractivity contribution < 1.29 is 22.8 Å². The van der Waals surface area contributed by atoms with E-state index in [0.717, 1.165) is 30.0 Å². The molecule has 2 amide bonds. The Balaban J connectivity index is 1.79. The molecule has 0 aliphatic carbocycles. The first-order chi connectivity index (χ1) is 18.4. The second-order valence-electron chi connectivity index (χ2n) is 8.90. The first-order valence-electron chi connectivity index (χ1n) is 11.8. The Bertz CT molecular complexity index is 1350. The van der Waals surface area contributed by atoms with E-state index >= 15 is 0 Å². The maximum absolute atomic E-state index is 13.0. The largest absolute Gasteiger partial charge is 0.416 e. The molecule has 0 saturated heterocycles. The highest BCUT2D eigenvalue weighted by Gasteiger charge is 2.31. The van der Waals surface area contributed by atoms with Gasteiger partial charge in [-0.15, -0.1) is 16.8 Å². The Morgan fingerprint density at radius 1 is 1.13 bits per heavy atom. The first-order valence-corrected chi connectivity index (χ1v) is 13.5. The van der Waals surface area contributed by atoms with E-state index in [2.05, 4.69) is 27.4 Å². The number of carbonyl (C=O) groups excluding carboxylic acids is 2. The van der Waals surface area contributed by atoms with E-state index in [1.54, 1.807) is 34.9 Å². The van der Waals surface area contributed by atoms with Crippen molar-refractivity contribution in [3.8, 4) is 0 Å². The maximum atomic E-state index is 13.0. The molecule has 2 N–H and O–H groups in total. The van der Waals surface area contributed by atoms with Gasteiger partial charge in [-0.05, 0) is 42.7 Å². The summed E-state index contributed by atoms with van der Waals surface area (Å²) in [5.74, 6) is -0.474. The van der Waals surface area contributed by atoms with Crippen LogP contribution in [0.1, 0.15) is 48.1 Å². The maximum Gasteiger partial charge on any atom is 0.416 e. The third-order valence-electron chi connectivity index (χ3n) is 5.40. The van der Waals surface area contributed by atoms with Gasteiger partial charge in [0.1, 0.15) is 0 Å². The number of halogens is 5. The van der Waals surface area contributed by atoms with Crippen molar-refractivity contribution in [2.75, 3.05) is 11.1 Å². The van der Waals surface area contributed by atoms with Crippen molar-refractivity contribution >= 4 is 52.5 Å². The molecule has 0 unspecified atom stereocenters. The number of anilines is 1. The van der Waals surface area contributed by atoms with E-state index < -0.39 is 23.7 Å². The van der Waals surface area contributed by atoms with E-state index in [0.29, 0.717) is 34.5 Å². The lowest BCUT2D eigenvalue weighted by atomic mass is 10.0. The van der Waals surface area contributed by atoms with Gasteiger partial charge >= 0.3 is 6.18 Å². The number of carbonyl (C=O) groups is 2. The van der Waals surface area contributed by atoms with Crippen LogP contribution < -0.4 is 10.6 Å². The zero-order valence-electron chi connectivity index (χ0n) is 21.1. The number of hydrogen-bond acceptors (Lipinski definition) is 5. The van der Waals surface area contributed by atoms with Gasteiger partial charge in [0.05, 0.1) is 38.7 Å². The number of nitrogens with zero attached hydrogens (tertiary/aromatic N) is 3. The molecule has 0 aliphatic rings. The molecule has 1 aromatic heterocycles. The third kappa shape index (κ3) is 8.23. The quantitative estimate of drug-likeness (QED) is 0.182. The monoisotopic (exact) mass is 599 g/mol. The number of thioether (sulfide) groups is 1. The fraction of sp³-hybridized carbons (Fsp3) is 0.308. The zero-order chi connectivity index (χ0) is 28.7. The Morgan fingerprint density at radius 3 is 2.49 bits per heavy atom. The van der Waals surface area contributed by atoms with Crippen LogP contribution in [-0.2, 0) is 17.5 Å². The fourth-order valence-electron chi connectivity index (χ4n) is 3.66. The average Bonchev–Trinajstić information content (AvgIpc) is 3.25. The van der Waals surface area contributed by atoms with Crippen LogP contribution in [-0.4, -0.2) is 32.3 Å². The summed E-state index contributed by atoms with van der Waals surface area (Å²) in [6, 6.07) is 8.86. The van der Waals surface area contributed by atoms with E-state index in [9.17, 15) is 22.8 Å². The van der Waals surface area contributed by atoms with E-state index in [4.69, 9.17) is 23.2 Å². The van der Waals surface area contributed by atoms with Gasteiger partial charge in [-0.2, -0.15) is 13.2 Å². The summed E-state index contributed by atoms with van der Waals surface area (Å²) in [7, 11) is 0. The molecule has 3 aromatic rings. The molecule has 0 bridgehead atoms. The number of amides is 2. The Labute approximate surface area is 238 Å². The smallest absolute Gasteiger partial charge is 0.342 e. The van der Waals surface area contributed by atoms with Crippen LogP contribution in [0.5, 0.6) is 0 Å². The SMILES string of the molecule is C=CCn1c(SCC(=O)Nc2cc(C(F)(F)F)ccc2Cl)nnc1[C@H](CC(C)C)NC(=O)c1ccccc1Cl. The molecule has 7 nitrogen and oxygen atoms in total. The molecule has 3 rings (SSSR count). The van der Waals surface area contributed by atoms with Gasteiger partial charge in [-0.25, -0.2) is 0 Å². The van der Waals surface area contributed by atoms with Crippen LogP contribution in [0.25, 0.3) is 0 Å². The van der Waals surface area contributed by atoms with E-state index in [1.807, 2.05) is 13.8 Å². The molecule has 2 aromatic carbocycles. The molecule has 39 heavy (non-hydrogen) atoms. The lowest BCUT2D eigenvalue weighted by Crippen LogP contribution is -2.32. The molecule has 1 heterocycles. The number of allylic oxidation sites excluding steroid dienone is 1. The Morgan fingerprint density at radius 2 is 1.85 bits per heavy atom. The number of rotatable bonds is 11. The van der Waals surface area contributed by atoms with Gasteiger partial charge in [0.15, 0.2) is 11.0 Å². The molecule has 0 radical (unpaired) electrons. The van der Waals surface area contributed by atoms with Crippen LogP contribution >= 0.6 is 35.0 Å².